The molecule has 0 N–H and O–H groups in total. The third-order valence-corrected chi connectivity index (χ3v) is 6.67. The molecule has 2 atom stereocenters. The van der Waals surface area contributed by atoms with Crippen LogP contribution in [0.5, 0.6) is 0 Å². The molecule has 2 saturated heterocycles. The lowest BCUT2D eigenvalue weighted by molar-refractivity contribution is 0.0739. The Morgan fingerprint density at radius 3 is 2.52 bits per heavy atom. The van der Waals surface area contributed by atoms with Gasteiger partial charge >= 0.3 is 0 Å². The highest BCUT2D eigenvalue weighted by atomic mass is 16.5. The molecule has 1 amide bonds. The van der Waals surface area contributed by atoms with Gasteiger partial charge in [0.25, 0.3) is 5.91 Å². The minimum absolute atomic E-state index is 0.00667. The van der Waals surface area contributed by atoms with Gasteiger partial charge in [0.15, 0.2) is 0 Å². The molecule has 2 fully saturated rings. The highest BCUT2D eigenvalue weighted by molar-refractivity contribution is 5.93. The summed E-state index contributed by atoms with van der Waals surface area (Å²) < 4.78 is 5.48. The molecule has 29 heavy (non-hydrogen) atoms. The molecule has 2 unspecified atom stereocenters. The molecule has 4 heterocycles. The van der Waals surface area contributed by atoms with Crippen molar-refractivity contribution in [1.29, 1.82) is 0 Å². The van der Waals surface area contributed by atoms with Crippen molar-refractivity contribution in [2.75, 3.05) is 31.1 Å². The lowest BCUT2D eigenvalue weighted by Crippen LogP contribution is -2.34. The van der Waals surface area contributed by atoms with Crippen molar-refractivity contribution in [2.45, 2.75) is 51.9 Å². The lowest BCUT2D eigenvalue weighted by Gasteiger charge is -2.24. The average molecular weight is 396 g/mol. The predicted molar refractivity (Wildman–Crippen MR) is 109 cm³/mol. The Balaban J connectivity index is 1.27. The molecule has 154 valence electrons. The van der Waals surface area contributed by atoms with Gasteiger partial charge in [0.1, 0.15) is 12.1 Å². The molecule has 7 heteroatoms. The average Bonchev–Trinajstić information content (AvgIpc) is 3.39. The smallest absolute Gasteiger partial charge is 0.292 e. The summed E-state index contributed by atoms with van der Waals surface area (Å²) in [6.07, 6.45) is 5.77. The highest BCUT2D eigenvalue weighted by Gasteiger charge is 2.43. The zero-order valence-corrected chi connectivity index (χ0v) is 17.5. The molecule has 0 saturated carbocycles. The monoisotopic (exact) mass is 395 g/mol. The Morgan fingerprint density at radius 2 is 1.79 bits per heavy atom. The number of likely N-dealkylation sites (tertiary alicyclic amines) is 1. The predicted octanol–water partition coefficient (Wildman–Crippen LogP) is 2.85. The molecule has 1 aliphatic carbocycles. The van der Waals surface area contributed by atoms with E-state index in [4.69, 9.17) is 4.52 Å². The van der Waals surface area contributed by atoms with Gasteiger partial charge in [0.2, 0.25) is 5.76 Å². The van der Waals surface area contributed by atoms with Crippen LogP contribution in [0.3, 0.4) is 0 Å². The van der Waals surface area contributed by atoms with Crippen molar-refractivity contribution >= 4 is 11.7 Å². The molecule has 0 aromatic carbocycles. The van der Waals surface area contributed by atoms with Gasteiger partial charge in [-0.2, -0.15) is 0 Å². The first-order chi connectivity index (χ1) is 13.9. The van der Waals surface area contributed by atoms with E-state index in [0.717, 1.165) is 74.6 Å². The van der Waals surface area contributed by atoms with E-state index < -0.39 is 0 Å². The lowest BCUT2D eigenvalue weighted by atomic mass is 9.92. The minimum Gasteiger partial charge on any atom is -0.356 e. The van der Waals surface area contributed by atoms with Crippen LogP contribution in [-0.4, -0.2) is 52.1 Å². The van der Waals surface area contributed by atoms with Crippen LogP contribution in [0, 0.1) is 11.8 Å². The normalized spacial score (nSPS) is 24.0. The van der Waals surface area contributed by atoms with Crippen molar-refractivity contribution in [3.05, 3.63) is 35.1 Å². The first-order valence-electron chi connectivity index (χ1n) is 10.7. The number of rotatable bonds is 2. The van der Waals surface area contributed by atoms with Gasteiger partial charge in [-0.1, -0.05) is 25.9 Å². The molecule has 2 aromatic heterocycles. The summed E-state index contributed by atoms with van der Waals surface area (Å²) in [6, 6.07) is 2.12. The van der Waals surface area contributed by atoms with Gasteiger partial charge in [0, 0.05) is 55.1 Å². The Labute approximate surface area is 171 Å². The molecule has 2 aliphatic heterocycles. The van der Waals surface area contributed by atoms with E-state index in [1.807, 2.05) is 4.90 Å². The largest absolute Gasteiger partial charge is 0.356 e. The van der Waals surface area contributed by atoms with E-state index in [0.29, 0.717) is 17.6 Å². The topological polar surface area (TPSA) is 75.4 Å². The van der Waals surface area contributed by atoms with Gasteiger partial charge < -0.3 is 14.3 Å². The Bertz CT molecular complexity index is 918. The number of hydrogen-bond donors (Lipinski definition) is 0. The third kappa shape index (κ3) is 3.30. The summed E-state index contributed by atoms with van der Waals surface area (Å²) in [7, 11) is 0. The van der Waals surface area contributed by atoms with Crippen LogP contribution in [0.15, 0.2) is 16.9 Å². The second kappa shape index (κ2) is 6.82. The number of aryl methyl sites for hydroxylation is 1. The van der Waals surface area contributed by atoms with Gasteiger partial charge in [-0.25, -0.2) is 9.97 Å². The van der Waals surface area contributed by atoms with Crippen LogP contribution < -0.4 is 4.90 Å². The van der Waals surface area contributed by atoms with Gasteiger partial charge in [-0.05, 0) is 25.7 Å². The fourth-order valence-corrected chi connectivity index (χ4v) is 4.98. The number of carbonyl (C=O) groups is 1. The Kier molecular flexibility index (Phi) is 4.37. The van der Waals surface area contributed by atoms with Crippen molar-refractivity contribution in [2.24, 2.45) is 11.8 Å². The standard InChI is InChI=1S/C22H29N5O2/c1-22(2,3)18-8-19(24-13-23-18)26-9-14-11-27(12-15(14)10-26)21(28)20-16-6-4-5-7-17(16)25-29-20/h8,13-15H,4-7,9-12H2,1-3H3. The fraction of sp³-hybridized carbons (Fsp3) is 0.636. The zero-order valence-electron chi connectivity index (χ0n) is 17.5. The molecule has 3 aliphatic rings. The number of hydrogen-bond acceptors (Lipinski definition) is 6. The molecule has 7 nitrogen and oxygen atoms in total. The third-order valence-electron chi connectivity index (χ3n) is 6.67. The summed E-state index contributed by atoms with van der Waals surface area (Å²) in [4.78, 5) is 26.4. The van der Waals surface area contributed by atoms with Crippen LogP contribution in [-0.2, 0) is 18.3 Å². The van der Waals surface area contributed by atoms with E-state index in [1.165, 1.54) is 0 Å². The number of anilines is 1. The van der Waals surface area contributed by atoms with Gasteiger partial charge in [-0.15, -0.1) is 0 Å². The molecule has 2 aromatic rings. The van der Waals surface area contributed by atoms with Crippen LogP contribution in [0.4, 0.5) is 5.82 Å². The molecular weight excluding hydrogens is 366 g/mol. The SMILES string of the molecule is CC(C)(C)c1cc(N2CC3CN(C(=O)c4onc5c4CCCC5)CC3C2)ncn1. The number of amides is 1. The molecule has 0 bridgehead atoms. The van der Waals surface area contributed by atoms with E-state index in [-0.39, 0.29) is 11.3 Å². The molecular formula is C22H29N5O2. The first kappa shape index (κ1) is 18.6. The van der Waals surface area contributed by atoms with E-state index in [9.17, 15) is 4.79 Å². The number of fused-ring (bicyclic) bond motifs is 2. The maximum absolute atomic E-state index is 13.1. The van der Waals surface area contributed by atoms with E-state index in [1.54, 1.807) is 6.33 Å². The van der Waals surface area contributed by atoms with Crippen LogP contribution in [0.1, 0.15) is 61.1 Å². The quantitative estimate of drug-likeness (QED) is 0.778. The summed E-state index contributed by atoms with van der Waals surface area (Å²) in [5, 5.41) is 4.16. The van der Waals surface area contributed by atoms with E-state index in [2.05, 4.69) is 46.9 Å². The molecule has 0 spiro atoms. The second-order valence-corrected chi connectivity index (χ2v) is 9.79. The van der Waals surface area contributed by atoms with Crippen molar-refractivity contribution in [3.8, 4) is 0 Å². The van der Waals surface area contributed by atoms with Crippen molar-refractivity contribution < 1.29 is 9.32 Å². The summed E-state index contributed by atoms with van der Waals surface area (Å²) in [5.41, 5.74) is 3.11. The number of nitrogens with zero attached hydrogens (tertiary/aromatic N) is 5. The van der Waals surface area contributed by atoms with Crippen molar-refractivity contribution in [3.63, 3.8) is 0 Å². The second-order valence-electron chi connectivity index (χ2n) is 9.79. The molecule has 0 radical (unpaired) electrons. The Morgan fingerprint density at radius 1 is 1.07 bits per heavy atom. The van der Waals surface area contributed by atoms with Gasteiger partial charge in [0.05, 0.1) is 11.4 Å². The zero-order chi connectivity index (χ0) is 20.2. The van der Waals surface area contributed by atoms with Crippen LogP contribution in [0.25, 0.3) is 0 Å². The minimum atomic E-state index is 0.00667. The van der Waals surface area contributed by atoms with Crippen LogP contribution >= 0.6 is 0 Å². The number of aromatic nitrogens is 3. The first-order valence-corrected chi connectivity index (χ1v) is 10.7. The number of carbonyl (C=O) groups excluding carboxylic acids is 1. The summed E-state index contributed by atoms with van der Waals surface area (Å²) in [5.74, 6) is 2.47. The van der Waals surface area contributed by atoms with E-state index >= 15 is 0 Å². The summed E-state index contributed by atoms with van der Waals surface area (Å²) >= 11 is 0. The molecule has 5 rings (SSSR count). The highest BCUT2D eigenvalue weighted by Crippen LogP contribution is 2.35. The summed E-state index contributed by atoms with van der Waals surface area (Å²) in [6.45, 7) is 9.95. The maximum Gasteiger partial charge on any atom is 0.292 e. The van der Waals surface area contributed by atoms with Crippen LogP contribution in [0.2, 0.25) is 0 Å². The fourth-order valence-electron chi connectivity index (χ4n) is 4.98. The van der Waals surface area contributed by atoms with Gasteiger partial charge in [-0.3, -0.25) is 4.79 Å². The Hall–Kier alpha value is -2.44. The maximum atomic E-state index is 13.1. The van der Waals surface area contributed by atoms with Crippen molar-refractivity contribution in [1.82, 2.24) is 20.0 Å².